The summed E-state index contributed by atoms with van der Waals surface area (Å²) in [5.74, 6) is 4.80. The van der Waals surface area contributed by atoms with Crippen molar-refractivity contribution < 1.29 is 4.74 Å². The van der Waals surface area contributed by atoms with Gasteiger partial charge < -0.3 is 4.74 Å². The van der Waals surface area contributed by atoms with Crippen molar-refractivity contribution in [1.29, 1.82) is 0 Å². The zero-order valence-electron chi connectivity index (χ0n) is 8.63. The van der Waals surface area contributed by atoms with Crippen molar-refractivity contribution in [2.24, 2.45) is 0 Å². The first-order chi connectivity index (χ1) is 7.36. The standard InChI is InChI=1S/C12H13IOS/c1-2-9-14-11-4-6-12(7-5-11)15-10-3-8-13/h4-7H,2,9-10H2,1H3. The summed E-state index contributed by atoms with van der Waals surface area (Å²) in [6.45, 7) is 2.89. The van der Waals surface area contributed by atoms with Crippen molar-refractivity contribution >= 4 is 34.4 Å². The van der Waals surface area contributed by atoms with Crippen LogP contribution < -0.4 is 4.74 Å². The number of benzene rings is 1. The maximum atomic E-state index is 5.50. The number of hydrogen-bond acceptors (Lipinski definition) is 2. The molecule has 0 aromatic heterocycles. The molecular weight excluding hydrogens is 319 g/mol. The van der Waals surface area contributed by atoms with Gasteiger partial charge in [-0.3, -0.25) is 0 Å². The van der Waals surface area contributed by atoms with Gasteiger partial charge in [0.2, 0.25) is 0 Å². The molecule has 0 fully saturated rings. The van der Waals surface area contributed by atoms with E-state index >= 15 is 0 Å². The van der Waals surface area contributed by atoms with Crippen molar-refractivity contribution in [2.45, 2.75) is 18.2 Å². The molecule has 0 unspecified atom stereocenters. The summed E-state index contributed by atoms with van der Waals surface area (Å²) in [5, 5.41) is 0. The van der Waals surface area contributed by atoms with Crippen LogP contribution in [0.2, 0.25) is 0 Å². The van der Waals surface area contributed by atoms with Crippen LogP contribution >= 0.6 is 34.4 Å². The van der Waals surface area contributed by atoms with Gasteiger partial charge in [-0.25, -0.2) is 0 Å². The van der Waals surface area contributed by atoms with Gasteiger partial charge in [-0.2, -0.15) is 0 Å². The van der Waals surface area contributed by atoms with Gasteiger partial charge in [-0.1, -0.05) is 12.8 Å². The number of ether oxygens (including phenoxy) is 1. The van der Waals surface area contributed by atoms with Gasteiger partial charge in [0.1, 0.15) is 5.75 Å². The molecule has 1 rings (SSSR count). The first kappa shape index (κ1) is 12.7. The van der Waals surface area contributed by atoms with E-state index in [4.69, 9.17) is 4.74 Å². The molecule has 1 aromatic rings. The van der Waals surface area contributed by atoms with E-state index in [1.807, 2.05) is 12.1 Å². The Morgan fingerprint density at radius 3 is 2.67 bits per heavy atom. The molecule has 0 radical (unpaired) electrons. The maximum Gasteiger partial charge on any atom is 0.119 e. The average Bonchev–Trinajstić information content (AvgIpc) is 2.28. The second kappa shape index (κ2) is 7.89. The Morgan fingerprint density at radius 2 is 2.07 bits per heavy atom. The SMILES string of the molecule is CCCOc1ccc(SCC#CI)cc1. The molecule has 0 saturated carbocycles. The van der Waals surface area contributed by atoms with E-state index in [0.29, 0.717) is 0 Å². The molecule has 0 N–H and O–H groups in total. The molecule has 80 valence electrons. The van der Waals surface area contributed by atoms with E-state index in [1.165, 1.54) is 4.90 Å². The third-order valence-electron chi connectivity index (χ3n) is 1.67. The molecule has 0 saturated heterocycles. The second-order valence-electron chi connectivity index (χ2n) is 2.88. The van der Waals surface area contributed by atoms with Gasteiger partial charge >= 0.3 is 0 Å². The quantitative estimate of drug-likeness (QED) is 0.459. The third-order valence-corrected chi connectivity index (χ3v) is 2.95. The van der Waals surface area contributed by atoms with Gasteiger partial charge in [0.15, 0.2) is 0 Å². The predicted octanol–water partition coefficient (Wildman–Crippen LogP) is 3.96. The van der Waals surface area contributed by atoms with Crippen LogP contribution in [0.5, 0.6) is 5.75 Å². The largest absolute Gasteiger partial charge is 0.494 e. The Labute approximate surface area is 109 Å². The summed E-state index contributed by atoms with van der Waals surface area (Å²) < 4.78 is 8.35. The summed E-state index contributed by atoms with van der Waals surface area (Å²) in [7, 11) is 0. The molecule has 0 heterocycles. The van der Waals surface area contributed by atoms with Gasteiger partial charge in [-0.05, 0) is 34.6 Å². The molecule has 0 amide bonds. The Kier molecular flexibility index (Phi) is 6.69. The zero-order valence-corrected chi connectivity index (χ0v) is 11.6. The number of halogens is 1. The molecule has 1 aromatic carbocycles. The molecular formula is C12H13IOS. The summed E-state index contributed by atoms with van der Waals surface area (Å²) in [6, 6.07) is 8.17. The van der Waals surface area contributed by atoms with E-state index in [2.05, 4.69) is 51.5 Å². The van der Waals surface area contributed by atoms with Crippen LogP contribution in [0.15, 0.2) is 29.2 Å². The van der Waals surface area contributed by atoms with Crippen LogP contribution in [0.3, 0.4) is 0 Å². The molecule has 0 aliphatic carbocycles. The van der Waals surface area contributed by atoms with Gasteiger partial charge in [0, 0.05) is 27.5 Å². The number of rotatable bonds is 5. The fourth-order valence-corrected chi connectivity index (χ4v) is 2.09. The van der Waals surface area contributed by atoms with Crippen LogP contribution in [-0.4, -0.2) is 12.4 Å². The van der Waals surface area contributed by atoms with Gasteiger partial charge in [0.25, 0.3) is 0 Å². The predicted molar refractivity (Wildman–Crippen MR) is 74.7 cm³/mol. The van der Waals surface area contributed by atoms with Crippen LogP contribution in [0.1, 0.15) is 13.3 Å². The van der Waals surface area contributed by atoms with E-state index in [-0.39, 0.29) is 0 Å². The molecule has 0 spiro atoms. The summed E-state index contributed by atoms with van der Waals surface area (Å²) in [4.78, 5) is 1.23. The van der Waals surface area contributed by atoms with E-state index in [0.717, 1.165) is 24.5 Å². The highest BCUT2D eigenvalue weighted by Gasteiger charge is 1.94. The van der Waals surface area contributed by atoms with E-state index in [9.17, 15) is 0 Å². The number of hydrogen-bond donors (Lipinski definition) is 0. The summed E-state index contributed by atoms with van der Waals surface area (Å²) >= 11 is 3.80. The average molecular weight is 332 g/mol. The third kappa shape index (κ3) is 5.33. The highest BCUT2D eigenvalue weighted by molar-refractivity contribution is 14.1. The molecule has 0 bridgehead atoms. The Hall–Kier alpha value is -0.340. The van der Waals surface area contributed by atoms with Gasteiger partial charge in [0.05, 0.1) is 12.4 Å². The number of thioether (sulfide) groups is 1. The molecule has 15 heavy (non-hydrogen) atoms. The smallest absolute Gasteiger partial charge is 0.119 e. The van der Waals surface area contributed by atoms with Crippen LogP contribution in [-0.2, 0) is 0 Å². The van der Waals surface area contributed by atoms with Crippen molar-refractivity contribution in [3.63, 3.8) is 0 Å². The Balaban J connectivity index is 2.43. The normalized spacial score (nSPS) is 9.20. The lowest BCUT2D eigenvalue weighted by Crippen LogP contribution is -1.94. The summed E-state index contributed by atoms with van der Waals surface area (Å²) in [6.07, 6.45) is 1.04. The molecule has 0 atom stereocenters. The molecule has 0 aliphatic heterocycles. The van der Waals surface area contributed by atoms with Crippen molar-refractivity contribution in [1.82, 2.24) is 0 Å². The monoisotopic (exact) mass is 332 g/mol. The second-order valence-corrected chi connectivity index (χ2v) is 4.47. The minimum atomic E-state index is 0.785. The van der Waals surface area contributed by atoms with E-state index in [1.54, 1.807) is 11.8 Å². The van der Waals surface area contributed by atoms with Crippen molar-refractivity contribution in [3.8, 4) is 15.6 Å². The topological polar surface area (TPSA) is 9.23 Å². The molecule has 0 aliphatic rings. The lowest BCUT2D eigenvalue weighted by molar-refractivity contribution is 0.317. The van der Waals surface area contributed by atoms with E-state index < -0.39 is 0 Å². The molecule has 1 nitrogen and oxygen atoms in total. The minimum absolute atomic E-state index is 0.785. The maximum absolute atomic E-state index is 5.50. The van der Waals surface area contributed by atoms with Crippen LogP contribution in [0.4, 0.5) is 0 Å². The lowest BCUT2D eigenvalue weighted by atomic mass is 10.3. The minimum Gasteiger partial charge on any atom is -0.494 e. The highest BCUT2D eigenvalue weighted by atomic mass is 127. The molecule has 3 heteroatoms. The first-order valence-electron chi connectivity index (χ1n) is 4.81. The highest BCUT2D eigenvalue weighted by Crippen LogP contribution is 2.21. The van der Waals surface area contributed by atoms with Crippen molar-refractivity contribution in [3.05, 3.63) is 24.3 Å². The zero-order chi connectivity index (χ0) is 10.9. The Bertz CT molecular complexity index is 337. The van der Waals surface area contributed by atoms with Crippen molar-refractivity contribution in [2.75, 3.05) is 12.4 Å². The first-order valence-corrected chi connectivity index (χ1v) is 6.87. The fourth-order valence-electron chi connectivity index (χ4n) is 0.999. The summed E-state index contributed by atoms with van der Waals surface area (Å²) in [5.41, 5.74) is 0. The van der Waals surface area contributed by atoms with Crippen LogP contribution in [0.25, 0.3) is 0 Å². The fraction of sp³-hybridized carbons (Fsp3) is 0.333. The lowest BCUT2D eigenvalue weighted by Gasteiger charge is -2.04. The Morgan fingerprint density at radius 1 is 1.33 bits per heavy atom. The van der Waals surface area contributed by atoms with Crippen LogP contribution in [0, 0.1) is 9.85 Å². The van der Waals surface area contributed by atoms with Gasteiger partial charge in [-0.15, -0.1) is 11.8 Å².